The quantitative estimate of drug-likeness (QED) is 0.660. The number of piperidine rings is 1. The van der Waals surface area contributed by atoms with Crippen LogP contribution >= 0.6 is 0 Å². The Labute approximate surface area is 148 Å². The molecule has 1 saturated heterocycles. The van der Waals surface area contributed by atoms with Crippen molar-refractivity contribution in [3.05, 3.63) is 35.6 Å². The van der Waals surface area contributed by atoms with Gasteiger partial charge in [-0.15, -0.1) is 0 Å². The Bertz CT molecular complexity index is 552. The average Bonchev–Trinajstić information content (AvgIpc) is 2.60. The SMILES string of the molecule is CCC[C@@]1(CO)CN(CC(=O)NCCc2ccc(F)cc2)CC[C@H]1O. The molecule has 0 spiro atoms. The number of nitrogens with one attached hydrogen (secondary N) is 1. The number of likely N-dealkylation sites (tertiary alicyclic amines) is 1. The molecule has 1 aromatic carbocycles. The van der Waals surface area contributed by atoms with E-state index in [1.807, 2.05) is 11.8 Å². The molecule has 25 heavy (non-hydrogen) atoms. The molecular formula is C19H29FN2O3. The molecule has 1 heterocycles. The fourth-order valence-corrected chi connectivity index (χ4v) is 3.61. The highest BCUT2D eigenvalue weighted by molar-refractivity contribution is 5.78. The maximum atomic E-state index is 12.9. The Kier molecular flexibility index (Phi) is 7.35. The molecule has 0 aliphatic carbocycles. The van der Waals surface area contributed by atoms with E-state index in [0.717, 1.165) is 18.4 Å². The average molecular weight is 352 g/mol. The molecular weight excluding hydrogens is 323 g/mol. The second kappa shape index (κ2) is 9.27. The first-order valence-corrected chi connectivity index (χ1v) is 9.01. The van der Waals surface area contributed by atoms with Gasteiger partial charge in [0.05, 0.1) is 19.3 Å². The maximum Gasteiger partial charge on any atom is 0.234 e. The van der Waals surface area contributed by atoms with Crippen molar-refractivity contribution in [1.29, 1.82) is 0 Å². The third-order valence-corrected chi connectivity index (χ3v) is 5.04. The zero-order chi connectivity index (χ0) is 18.3. The largest absolute Gasteiger partial charge is 0.396 e. The van der Waals surface area contributed by atoms with Gasteiger partial charge in [0.1, 0.15) is 5.82 Å². The summed E-state index contributed by atoms with van der Waals surface area (Å²) in [6.07, 6.45) is 2.34. The lowest BCUT2D eigenvalue weighted by Gasteiger charge is -2.45. The molecule has 5 nitrogen and oxygen atoms in total. The summed E-state index contributed by atoms with van der Waals surface area (Å²) in [5, 5.41) is 22.9. The van der Waals surface area contributed by atoms with Gasteiger partial charge in [0.2, 0.25) is 5.91 Å². The van der Waals surface area contributed by atoms with Gasteiger partial charge in [0.25, 0.3) is 0 Å². The van der Waals surface area contributed by atoms with Gasteiger partial charge in [0.15, 0.2) is 0 Å². The molecule has 1 aliphatic rings. The molecule has 1 aromatic rings. The van der Waals surface area contributed by atoms with Crippen molar-refractivity contribution in [3.63, 3.8) is 0 Å². The van der Waals surface area contributed by atoms with E-state index in [9.17, 15) is 19.4 Å². The van der Waals surface area contributed by atoms with Gasteiger partial charge in [-0.05, 0) is 37.0 Å². The second-order valence-corrected chi connectivity index (χ2v) is 7.01. The highest BCUT2D eigenvalue weighted by atomic mass is 19.1. The van der Waals surface area contributed by atoms with Crippen LogP contribution in [0.2, 0.25) is 0 Å². The highest BCUT2D eigenvalue weighted by Gasteiger charge is 2.41. The Morgan fingerprint density at radius 1 is 1.40 bits per heavy atom. The van der Waals surface area contributed by atoms with Crippen LogP contribution in [0.15, 0.2) is 24.3 Å². The summed E-state index contributed by atoms with van der Waals surface area (Å²) < 4.78 is 12.9. The maximum absolute atomic E-state index is 12.9. The standard InChI is InChI=1S/C19H29FN2O3/c1-2-9-19(14-23)13-22(11-8-17(19)24)12-18(25)21-10-7-15-3-5-16(20)6-4-15/h3-6,17,23-24H,2,7-14H2,1H3,(H,21,25)/t17-,19+/m1/s1. The van der Waals surface area contributed by atoms with E-state index in [1.54, 1.807) is 12.1 Å². The molecule has 0 aromatic heterocycles. The van der Waals surface area contributed by atoms with Crippen molar-refractivity contribution in [2.45, 2.75) is 38.7 Å². The van der Waals surface area contributed by atoms with E-state index < -0.39 is 11.5 Å². The van der Waals surface area contributed by atoms with Crippen molar-refractivity contribution in [2.75, 3.05) is 32.8 Å². The monoisotopic (exact) mass is 352 g/mol. The molecule has 3 N–H and O–H groups in total. The summed E-state index contributed by atoms with van der Waals surface area (Å²) in [5.41, 5.74) is 0.450. The van der Waals surface area contributed by atoms with Crippen LogP contribution in [0.3, 0.4) is 0 Å². The predicted molar refractivity (Wildman–Crippen MR) is 94.6 cm³/mol. The number of carbonyl (C=O) groups is 1. The summed E-state index contributed by atoms with van der Waals surface area (Å²) in [5.74, 6) is -0.332. The van der Waals surface area contributed by atoms with Crippen molar-refractivity contribution < 1.29 is 19.4 Å². The first kappa shape index (κ1) is 19.8. The number of benzene rings is 1. The molecule has 2 rings (SSSR count). The minimum Gasteiger partial charge on any atom is -0.396 e. The van der Waals surface area contributed by atoms with Crippen LogP contribution in [0.4, 0.5) is 4.39 Å². The molecule has 0 radical (unpaired) electrons. The van der Waals surface area contributed by atoms with Gasteiger partial charge >= 0.3 is 0 Å². The van der Waals surface area contributed by atoms with Crippen molar-refractivity contribution in [1.82, 2.24) is 10.2 Å². The molecule has 1 aliphatic heterocycles. The number of amides is 1. The van der Waals surface area contributed by atoms with E-state index in [4.69, 9.17) is 0 Å². The molecule has 0 bridgehead atoms. The van der Waals surface area contributed by atoms with E-state index in [-0.39, 0.29) is 24.9 Å². The van der Waals surface area contributed by atoms with E-state index in [1.165, 1.54) is 12.1 Å². The zero-order valence-corrected chi connectivity index (χ0v) is 14.9. The molecule has 1 amide bonds. The molecule has 6 heteroatoms. The van der Waals surface area contributed by atoms with Gasteiger partial charge in [-0.3, -0.25) is 9.69 Å². The second-order valence-electron chi connectivity index (χ2n) is 7.01. The lowest BCUT2D eigenvalue weighted by molar-refractivity contribution is -0.126. The lowest BCUT2D eigenvalue weighted by atomic mass is 9.74. The Morgan fingerprint density at radius 2 is 2.12 bits per heavy atom. The summed E-state index contributed by atoms with van der Waals surface area (Å²) in [6, 6.07) is 6.26. The van der Waals surface area contributed by atoms with Crippen LogP contribution in [0.1, 0.15) is 31.7 Å². The van der Waals surface area contributed by atoms with Crippen LogP contribution in [0.25, 0.3) is 0 Å². The topological polar surface area (TPSA) is 72.8 Å². The first-order chi connectivity index (χ1) is 12.0. The van der Waals surface area contributed by atoms with Crippen LogP contribution < -0.4 is 5.32 Å². The van der Waals surface area contributed by atoms with Crippen LogP contribution in [-0.4, -0.2) is 59.9 Å². The number of rotatable bonds is 8. The lowest BCUT2D eigenvalue weighted by Crippen LogP contribution is -2.55. The van der Waals surface area contributed by atoms with Crippen LogP contribution in [0.5, 0.6) is 0 Å². The zero-order valence-electron chi connectivity index (χ0n) is 14.9. The molecule has 2 atom stereocenters. The fourth-order valence-electron chi connectivity index (χ4n) is 3.61. The van der Waals surface area contributed by atoms with Crippen molar-refractivity contribution in [3.8, 4) is 0 Å². The summed E-state index contributed by atoms with van der Waals surface area (Å²) in [6.45, 7) is 3.92. The van der Waals surface area contributed by atoms with Gasteiger partial charge in [0, 0.05) is 25.0 Å². The summed E-state index contributed by atoms with van der Waals surface area (Å²) >= 11 is 0. The normalized spacial score (nSPS) is 24.2. The number of hydrogen-bond donors (Lipinski definition) is 3. The Morgan fingerprint density at radius 3 is 2.76 bits per heavy atom. The van der Waals surface area contributed by atoms with E-state index in [2.05, 4.69) is 5.32 Å². The third kappa shape index (κ3) is 5.49. The highest BCUT2D eigenvalue weighted by Crippen LogP contribution is 2.34. The number of hydrogen-bond acceptors (Lipinski definition) is 4. The van der Waals surface area contributed by atoms with Crippen molar-refractivity contribution >= 4 is 5.91 Å². The molecule has 0 unspecified atom stereocenters. The van der Waals surface area contributed by atoms with Gasteiger partial charge in [-0.25, -0.2) is 4.39 Å². The van der Waals surface area contributed by atoms with Gasteiger partial charge in [-0.1, -0.05) is 25.5 Å². The van der Waals surface area contributed by atoms with Crippen LogP contribution in [-0.2, 0) is 11.2 Å². The number of halogens is 1. The minimum absolute atomic E-state index is 0.0648. The van der Waals surface area contributed by atoms with Crippen LogP contribution in [0, 0.1) is 11.2 Å². The number of nitrogens with zero attached hydrogens (tertiary/aromatic N) is 1. The van der Waals surface area contributed by atoms with Gasteiger partial charge < -0.3 is 15.5 Å². The Hall–Kier alpha value is -1.50. The Balaban J connectivity index is 1.78. The minimum atomic E-state index is -0.526. The first-order valence-electron chi connectivity index (χ1n) is 9.01. The number of carbonyl (C=O) groups excluding carboxylic acids is 1. The smallest absolute Gasteiger partial charge is 0.234 e. The van der Waals surface area contributed by atoms with E-state index in [0.29, 0.717) is 32.5 Å². The van der Waals surface area contributed by atoms with E-state index >= 15 is 0 Å². The molecule has 0 saturated carbocycles. The summed E-state index contributed by atoms with van der Waals surface area (Å²) in [4.78, 5) is 14.2. The summed E-state index contributed by atoms with van der Waals surface area (Å²) in [7, 11) is 0. The third-order valence-electron chi connectivity index (χ3n) is 5.04. The number of aliphatic hydroxyl groups excluding tert-OH is 2. The fraction of sp³-hybridized carbons (Fsp3) is 0.632. The molecule has 140 valence electrons. The molecule has 1 fully saturated rings. The van der Waals surface area contributed by atoms with Gasteiger partial charge in [-0.2, -0.15) is 0 Å². The van der Waals surface area contributed by atoms with Crippen molar-refractivity contribution in [2.24, 2.45) is 5.41 Å². The number of aliphatic hydroxyl groups is 2. The predicted octanol–water partition coefficient (Wildman–Crippen LogP) is 1.33.